The van der Waals surface area contributed by atoms with Crippen molar-refractivity contribution in [2.45, 2.75) is 44.6 Å². The predicted octanol–water partition coefficient (Wildman–Crippen LogP) is 2.82. The van der Waals surface area contributed by atoms with Crippen LogP contribution in [0.5, 0.6) is 0 Å². The van der Waals surface area contributed by atoms with Gasteiger partial charge in [0, 0.05) is 51.6 Å². The lowest BCUT2D eigenvalue weighted by Crippen LogP contribution is -2.48. The summed E-state index contributed by atoms with van der Waals surface area (Å²) in [5.74, 6) is 2.18. The first kappa shape index (κ1) is 18.8. The molecule has 1 amide bonds. The second-order valence-corrected chi connectivity index (χ2v) is 9.32. The zero-order chi connectivity index (χ0) is 19.8. The molecule has 0 radical (unpaired) electrons. The highest BCUT2D eigenvalue weighted by Crippen LogP contribution is 2.49. The number of aromatic nitrogens is 3. The van der Waals surface area contributed by atoms with E-state index in [0.717, 1.165) is 64.2 Å². The molecule has 3 fully saturated rings. The maximum absolute atomic E-state index is 12.7. The van der Waals surface area contributed by atoms with E-state index in [1.54, 1.807) is 0 Å². The van der Waals surface area contributed by atoms with E-state index in [0.29, 0.717) is 17.7 Å². The van der Waals surface area contributed by atoms with Gasteiger partial charge in [-0.2, -0.15) is 0 Å². The van der Waals surface area contributed by atoms with Gasteiger partial charge in [-0.3, -0.25) is 9.69 Å². The molecule has 1 aromatic carbocycles. The fourth-order valence-electron chi connectivity index (χ4n) is 5.59. The summed E-state index contributed by atoms with van der Waals surface area (Å²) in [6.45, 7) is 4.84. The number of nitrogens with zero attached hydrogens (tertiary/aromatic N) is 5. The Bertz CT molecular complexity index is 851. The zero-order valence-corrected chi connectivity index (χ0v) is 17.3. The average Bonchev–Trinajstić information content (AvgIpc) is 3.25. The van der Waals surface area contributed by atoms with Crippen molar-refractivity contribution in [2.75, 3.05) is 26.2 Å². The maximum Gasteiger partial charge on any atom is 0.225 e. The van der Waals surface area contributed by atoms with Gasteiger partial charge in [-0.1, -0.05) is 36.8 Å². The molecule has 3 aliphatic rings. The van der Waals surface area contributed by atoms with Gasteiger partial charge in [-0.15, -0.1) is 10.2 Å². The van der Waals surface area contributed by atoms with Crippen molar-refractivity contribution < 1.29 is 4.79 Å². The standard InChI is InChI=1S/C23H31N5O/c1-26-17-24-25-21(26)20-15-27(14-18-6-3-2-4-7-18)16-23(20)10-12-28(13-11-23)22(29)19-8-5-9-19/h2-4,6-7,17,19-20H,5,8-16H2,1H3. The summed E-state index contributed by atoms with van der Waals surface area (Å²) in [6, 6.07) is 10.7. The molecule has 1 spiro atoms. The average molecular weight is 394 g/mol. The normalized spacial score (nSPS) is 24.7. The molecule has 1 atom stereocenters. The van der Waals surface area contributed by atoms with Crippen LogP contribution >= 0.6 is 0 Å². The Morgan fingerprint density at radius 1 is 1.17 bits per heavy atom. The van der Waals surface area contributed by atoms with Gasteiger partial charge >= 0.3 is 0 Å². The quantitative estimate of drug-likeness (QED) is 0.802. The predicted molar refractivity (Wildman–Crippen MR) is 111 cm³/mol. The van der Waals surface area contributed by atoms with E-state index in [-0.39, 0.29) is 5.41 Å². The molecule has 29 heavy (non-hydrogen) atoms. The Hall–Kier alpha value is -2.21. The number of piperidine rings is 1. The summed E-state index contributed by atoms with van der Waals surface area (Å²) in [4.78, 5) is 17.5. The van der Waals surface area contributed by atoms with E-state index in [2.05, 4.69) is 61.9 Å². The van der Waals surface area contributed by atoms with E-state index in [1.807, 2.05) is 6.33 Å². The monoisotopic (exact) mass is 393 g/mol. The third kappa shape index (κ3) is 3.48. The first-order valence-corrected chi connectivity index (χ1v) is 11.0. The Balaban J connectivity index is 1.34. The number of amides is 1. The lowest BCUT2D eigenvalue weighted by atomic mass is 9.70. The summed E-state index contributed by atoms with van der Waals surface area (Å²) in [7, 11) is 2.05. The number of aryl methyl sites for hydroxylation is 1. The van der Waals surface area contributed by atoms with Crippen molar-refractivity contribution >= 4 is 5.91 Å². The summed E-state index contributed by atoms with van der Waals surface area (Å²) >= 11 is 0. The van der Waals surface area contributed by atoms with Crippen molar-refractivity contribution in [1.29, 1.82) is 0 Å². The minimum absolute atomic E-state index is 0.186. The molecule has 3 heterocycles. The highest BCUT2D eigenvalue weighted by molar-refractivity contribution is 5.79. The molecule has 5 rings (SSSR count). The SMILES string of the molecule is Cn1cnnc1C1CN(Cc2ccccc2)CC12CCN(C(=O)C1CCC1)CC2. The van der Waals surface area contributed by atoms with E-state index in [9.17, 15) is 4.79 Å². The number of rotatable bonds is 4. The second-order valence-electron chi connectivity index (χ2n) is 9.32. The van der Waals surface area contributed by atoms with Crippen molar-refractivity contribution in [3.8, 4) is 0 Å². The van der Waals surface area contributed by atoms with Crippen molar-refractivity contribution in [3.05, 3.63) is 48.0 Å². The van der Waals surface area contributed by atoms with Gasteiger partial charge in [0.05, 0.1) is 0 Å². The molecule has 2 aliphatic heterocycles. The number of carbonyl (C=O) groups excluding carboxylic acids is 1. The zero-order valence-electron chi connectivity index (χ0n) is 17.3. The fourth-order valence-corrected chi connectivity index (χ4v) is 5.59. The summed E-state index contributed by atoms with van der Waals surface area (Å²) in [6.07, 6.45) is 7.34. The summed E-state index contributed by atoms with van der Waals surface area (Å²) in [5, 5.41) is 8.67. The van der Waals surface area contributed by atoms with Crippen molar-refractivity contribution in [1.82, 2.24) is 24.6 Å². The fraction of sp³-hybridized carbons (Fsp3) is 0.609. The molecule has 2 saturated heterocycles. The van der Waals surface area contributed by atoms with E-state index >= 15 is 0 Å². The van der Waals surface area contributed by atoms with Crippen LogP contribution in [-0.4, -0.2) is 56.7 Å². The number of carbonyl (C=O) groups is 1. The van der Waals surface area contributed by atoms with E-state index < -0.39 is 0 Å². The molecule has 1 unspecified atom stereocenters. The van der Waals surface area contributed by atoms with Gasteiger partial charge in [0.1, 0.15) is 12.2 Å². The molecule has 154 valence electrons. The van der Waals surface area contributed by atoms with Crippen LogP contribution in [0, 0.1) is 11.3 Å². The van der Waals surface area contributed by atoms with Crippen LogP contribution in [-0.2, 0) is 18.4 Å². The molecule has 0 N–H and O–H groups in total. The van der Waals surface area contributed by atoms with Crippen molar-refractivity contribution in [3.63, 3.8) is 0 Å². The van der Waals surface area contributed by atoms with Gasteiger partial charge in [-0.05, 0) is 36.7 Å². The van der Waals surface area contributed by atoms with Crippen LogP contribution in [0.3, 0.4) is 0 Å². The number of benzene rings is 1. The topological polar surface area (TPSA) is 54.3 Å². The van der Waals surface area contributed by atoms with Gasteiger partial charge in [-0.25, -0.2) is 0 Å². The van der Waals surface area contributed by atoms with Crippen LogP contribution < -0.4 is 0 Å². The first-order valence-electron chi connectivity index (χ1n) is 11.0. The van der Waals surface area contributed by atoms with Crippen molar-refractivity contribution in [2.24, 2.45) is 18.4 Å². The minimum atomic E-state index is 0.186. The Morgan fingerprint density at radius 2 is 1.93 bits per heavy atom. The van der Waals surface area contributed by atoms with Crippen LogP contribution in [0.4, 0.5) is 0 Å². The second kappa shape index (κ2) is 7.56. The Kier molecular flexibility index (Phi) is 4.90. The third-order valence-corrected chi connectivity index (χ3v) is 7.55. The molecule has 1 saturated carbocycles. The minimum Gasteiger partial charge on any atom is -0.342 e. The van der Waals surface area contributed by atoms with Gasteiger partial charge < -0.3 is 9.47 Å². The molecular weight excluding hydrogens is 362 g/mol. The largest absolute Gasteiger partial charge is 0.342 e. The van der Waals surface area contributed by atoms with E-state index in [4.69, 9.17) is 0 Å². The van der Waals surface area contributed by atoms with Gasteiger partial charge in [0.15, 0.2) is 0 Å². The van der Waals surface area contributed by atoms with E-state index in [1.165, 1.54) is 12.0 Å². The summed E-state index contributed by atoms with van der Waals surface area (Å²) in [5.41, 5.74) is 1.55. The Morgan fingerprint density at radius 3 is 2.55 bits per heavy atom. The Labute approximate surface area is 172 Å². The number of hydrogen-bond donors (Lipinski definition) is 0. The molecule has 2 aromatic rings. The molecule has 0 bridgehead atoms. The maximum atomic E-state index is 12.7. The lowest BCUT2D eigenvalue weighted by Gasteiger charge is -2.44. The van der Waals surface area contributed by atoms with Crippen LogP contribution in [0.25, 0.3) is 0 Å². The van der Waals surface area contributed by atoms with Crippen LogP contribution in [0.15, 0.2) is 36.7 Å². The lowest BCUT2D eigenvalue weighted by molar-refractivity contribution is -0.140. The molecular formula is C23H31N5O. The van der Waals surface area contributed by atoms with Gasteiger partial charge in [0.2, 0.25) is 5.91 Å². The number of likely N-dealkylation sites (tertiary alicyclic amines) is 2. The van der Waals surface area contributed by atoms with Gasteiger partial charge in [0.25, 0.3) is 0 Å². The highest BCUT2D eigenvalue weighted by Gasteiger charge is 2.50. The molecule has 1 aromatic heterocycles. The van der Waals surface area contributed by atoms with Crippen LogP contribution in [0.1, 0.15) is 49.4 Å². The summed E-state index contributed by atoms with van der Waals surface area (Å²) < 4.78 is 2.09. The third-order valence-electron chi connectivity index (χ3n) is 7.55. The molecule has 6 heteroatoms. The molecule has 6 nitrogen and oxygen atoms in total. The van der Waals surface area contributed by atoms with Crippen LogP contribution in [0.2, 0.25) is 0 Å². The number of hydrogen-bond acceptors (Lipinski definition) is 4. The first-order chi connectivity index (χ1) is 14.1. The highest BCUT2D eigenvalue weighted by atomic mass is 16.2. The molecule has 1 aliphatic carbocycles. The smallest absolute Gasteiger partial charge is 0.225 e.